The summed E-state index contributed by atoms with van der Waals surface area (Å²) in [6.45, 7) is 8.70. The summed E-state index contributed by atoms with van der Waals surface area (Å²) >= 11 is 0. The monoisotopic (exact) mass is 326 g/mol. The molecule has 1 atom stereocenters. The van der Waals surface area contributed by atoms with Crippen LogP contribution in [0.15, 0.2) is 30.3 Å². The lowest BCUT2D eigenvalue weighted by Gasteiger charge is -2.30. The minimum absolute atomic E-state index is 0.0253. The number of benzene rings is 1. The molecule has 1 amide bonds. The minimum Gasteiger partial charge on any atom is -0.309 e. The van der Waals surface area contributed by atoms with Crippen molar-refractivity contribution in [2.24, 2.45) is 5.92 Å². The molecular weight excluding hydrogens is 300 g/mol. The number of rotatable bonds is 4. The van der Waals surface area contributed by atoms with Crippen molar-refractivity contribution in [3.63, 3.8) is 0 Å². The van der Waals surface area contributed by atoms with Crippen LogP contribution in [-0.2, 0) is 4.79 Å². The van der Waals surface area contributed by atoms with E-state index in [4.69, 9.17) is 0 Å². The SMILES string of the molecule is Cc1ccc(-n2nc(C)cc2NC(=O)CN2CCC[C@@H](C)C2)cc1. The van der Waals surface area contributed by atoms with Crippen molar-refractivity contribution in [3.05, 3.63) is 41.6 Å². The van der Waals surface area contributed by atoms with E-state index in [1.54, 1.807) is 4.68 Å². The third-order valence-corrected chi connectivity index (χ3v) is 4.49. The fourth-order valence-corrected chi connectivity index (χ4v) is 3.29. The van der Waals surface area contributed by atoms with E-state index in [2.05, 4.69) is 29.2 Å². The van der Waals surface area contributed by atoms with Gasteiger partial charge >= 0.3 is 0 Å². The van der Waals surface area contributed by atoms with E-state index in [9.17, 15) is 4.79 Å². The molecular formula is C19H26N4O. The molecule has 5 heteroatoms. The van der Waals surface area contributed by atoms with E-state index in [1.807, 2.05) is 37.3 Å². The van der Waals surface area contributed by atoms with Crippen molar-refractivity contribution in [2.75, 3.05) is 25.0 Å². The zero-order valence-electron chi connectivity index (χ0n) is 14.7. The van der Waals surface area contributed by atoms with Crippen LogP contribution in [-0.4, -0.2) is 40.2 Å². The van der Waals surface area contributed by atoms with Crippen molar-refractivity contribution in [1.82, 2.24) is 14.7 Å². The van der Waals surface area contributed by atoms with E-state index in [0.717, 1.165) is 30.3 Å². The molecule has 1 N–H and O–H groups in total. The van der Waals surface area contributed by atoms with E-state index < -0.39 is 0 Å². The second kappa shape index (κ2) is 7.18. The van der Waals surface area contributed by atoms with E-state index >= 15 is 0 Å². The predicted molar refractivity (Wildman–Crippen MR) is 96.5 cm³/mol. The molecule has 1 aromatic heterocycles. The van der Waals surface area contributed by atoms with Gasteiger partial charge in [-0.2, -0.15) is 5.10 Å². The largest absolute Gasteiger partial charge is 0.309 e. The van der Waals surface area contributed by atoms with Crippen molar-refractivity contribution in [1.29, 1.82) is 0 Å². The predicted octanol–water partition coefficient (Wildman–Crippen LogP) is 3.16. The molecule has 0 unspecified atom stereocenters. The van der Waals surface area contributed by atoms with Gasteiger partial charge in [0.05, 0.1) is 17.9 Å². The number of nitrogens with one attached hydrogen (secondary N) is 1. The van der Waals surface area contributed by atoms with Crippen LogP contribution in [0.25, 0.3) is 5.69 Å². The summed E-state index contributed by atoms with van der Waals surface area (Å²) < 4.78 is 1.80. The molecule has 1 aliphatic rings. The number of likely N-dealkylation sites (tertiary alicyclic amines) is 1. The maximum atomic E-state index is 12.4. The Bertz CT molecular complexity index is 705. The van der Waals surface area contributed by atoms with Gasteiger partial charge in [0.1, 0.15) is 5.82 Å². The van der Waals surface area contributed by atoms with Gasteiger partial charge in [-0.3, -0.25) is 9.69 Å². The van der Waals surface area contributed by atoms with Crippen LogP contribution in [0, 0.1) is 19.8 Å². The molecule has 1 aromatic carbocycles. The summed E-state index contributed by atoms with van der Waals surface area (Å²) in [7, 11) is 0. The van der Waals surface area contributed by atoms with Crippen LogP contribution in [0.4, 0.5) is 5.82 Å². The zero-order chi connectivity index (χ0) is 17.1. The standard InChI is InChI=1S/C19H26N4O/c1-14-6-8-17(9-7-14)23-18(11-16(3)21-23)20-19(24)13-22-10-4-5-15(2)12-22/h6-9,11,15H,4-5,10,12-13H2,1-3H3,(H,20,24)/t15-/m1/s1. The van der Waals surface area contributed by atoms with Gasteiger partial charge in [0.2, 0.25) is 5.91 Å². The average Bonchev–Trinajstić information content (AvgIpc) is 2.88. The molecule has 0 aliphatic carbocycles. The Morgan fingerprint density at radius 2 is 2.04 bits per heavy atom. The first-order chi connectivity index (χ1) is 11.5. The highest BCUT2D eigenvalue weighted by atomic mass is 16.2. The number of anilines is 1. The molecule has 3 rings (SSSR count). The topological polar surface area (TPSA) is 50.2 Å². The Kier molecular flexibility index (Phi) is 5.00. The third-order valence-electron chi connectivity index (χ3n) is 4.49. The van der Waals surface area contributed by atoms with Crippen LogP contribution >= 0.6 is 0 Å². The number of hydrogen-bond acceptors (Lipinski definition) is 3. The smallest absolute Gasteiger partial charge is 0.239 e. The molecule has 128 valence electrons. The maximum absolute atomic E-state index is 12.4. The highest BCUT2D eigenvalue weighted by Gasteiger charge is 2.19. The Labute approximate surface area is 143 Å². The van der Waals surface area contributed by atoms with Crippen molar-refractivity contribution >= 4 is 11.7 Å². The third kappa shape index (κ3) is 4.03. The van der Waals surface area contributed by atoms with Crippen molar-refractivity contribution in [2.45, 2.75) is 33.6 Å². The summed E-state index contributed by atoms with van der Waals surface area (Å²) in [4.78, 5) is 14.7. The number of carbonyl (C=O) groups is 1. The number of nitrogens with zero attached hydrogens (tertiary/aromatic N) is 3. The Balaban J connectivity index is 1.70. The van der Waals surface area contributed by atoms with Gasteiger partial charge in [0.15, 0.2) is 0 Å². The van der Waals surface area contributed by atoms with Crippen LogP contribution in [0.2, 0.25) is 0 Å². The number of aryl methyl sites for hydroxylation is 2. The highest BCUT2D eigenvalue weighted by molar-refractivity contribution is 5.91. The molecule has 0 bridgehead atoms. The minimum atomic E-state index is 0.0253. The van der Waals surface area contributed by atoms with Gasteiger partial charge in [-0.1, -0.05) is 24.6 Å². The lowest BCUT2D eigenvalue weighted by molar-refractivity contribution is -0.117. The van der Waals surface area contributed by atoms with E-state index in [0.29, 0.717) is 12.5 Å². The number of amides is 1. The molecule has 0 spiro atoms. The number of piperidine rings is 1. The molecule has 0 saturated carbocycles. The van der Waals surface area contributed by atoms with Crippen LogP contribution in [0.5, 0.6) is 0 Å². The second-order valence-corrected chi connectivity index (χ2v) is 6.95. The lowest BCUT2D eigenvalue weighted by Crippen LogP contribution is -2.39. The zero-order valence-corrected chi connectivity index (χ0v) is 14.7. The van der Waals surface area contributed by atoms with E-state index in [1.165, 1.54) is 18.4 Å². The van der Waals surface area contributed by atoms with Gasteiger partial charge in [-0.25, -0.2) is 4.68 Å². The molecule has 1 saturated heterocycles. The Morgan fingerprint density at radius 1 is 1.29 bits per heavy atom. The van der Waals surface area contributed by atoms with Crippen LogP contribution in [0.1, 0.15) is 31.0 Å². The van der Waals surface area contributed by atoms with Gasteiger partial charge in [0, 0.05) is 12.6 Å². The average molecular weight is 326 g/mol. The molecule has 1 aliphatic heterocycles. The second-order valence-electron chi connectivity index (χ2n) is 6.95. The summed E-state index contributed by atoms with van der Waals surface area (Å²) in [5.41, 5.74) is 3.04. The van der Waals surface area contributed by atoms with Gasteiger partial charge in [0.25, 0.3) is 0 Å². The van der Waals surface area contributed by atoms with Gasteiger partial charge in [-0.05, 0) is 51.3 Å². The number of carbonyl (C=O) groups excluding carboxylic acids is 1. The number of aromatic nitrogens is 2. The Hall–Kier alpha value is -2.14. The van der Waals surface area contributed by atoms with Crippen LogP contribution in [0.3, 0.4) is 0 Å². The first-order valence-electron chi connectivity index (χ1n) is 8.67. The highest BCUT2D eigenvalue weighted by Crippen LogP contribution is 2.19. The molecule has 24 heavy (non-hydrogen) atoms. The summed E-state index contributed by atoms with van der Waals surface area (Å²) in [6.07, 6.45) is 2.44. The maximum Gasteiger partial charge on any atom is 0.239 e. The van der Waals surface area contributed by atoms with Crippen molar-refractivity contribution in [3.8, 4) is 5.69 Å². The van der Waals surface area contributed by atoms with Crippen LogP contribution < -0.4 is 5.32 Å². The first-order valence-corrected chi connectivity index (χ1v) is 8.67. The van der Waals surface area contributed by atoms with Gasteiger partial charge < -0.3 is 5.32 Å². The van der Waals surface area contributed by atoms with Crippen molar-refractivity contribution < 1.29 is 4.79 Å². The first kappa shape index (κ1) is 16.7. The molecule has 1 fully saturated rings. The molecule has 0 radical (unpaired) electrons. The molecule has 5 nitrogen and oxygen atoms in total. The fourth-order valence-electron chi connectivity index (χ4n) is 3.29. The normalized spacial score (nSPS) is 18.5. The molecule has 2 heterocycles. The quantitative estimate of drug-likeness (QED) is 0.939. The van der Waals surface area contributed by atoms with E-state index in [-0.39, 0.29) is 5.91 Å². The molecule has 2 aromatic rings. The van der Waals surface area contributed by atoms with Gasteiger partial charge in [-0.15, -0.1) is 0 Å². The fraction of sp³-hybridized carbons (Fsp3) is 0.474. The summed E-state index contributed by atoms with van der Waals surface area (Å²) in [5, 5.41) is 7.54. The summed E-state index contributed by atoms with van der Waals surface area (Å²) in [5.74, 6) is 1.43. The lowest BCUT2D eigenvalue weighted by atomic mass is 10.0. The number of hydrogen-bond donors (Lipinski definition) is 1. The summed E-state index contributed by atoms with van der Waals surface area (Å²) in [6, 6.07) is 10.0. The Morgan fingerprint density at radius 3 is 2.75 bits per heavy atom.